The fourth-order valence-corrected chi connectivity index (χ4v) is 3.84. The average molecular weight is 430 g/mol. The number of hydrogen-bond donors (Lipinski definition) is 1. The number of carbonyl (C=O) groups excluding carboxylic acids is 2. The minimum absolute atomic E-state index is 0.000659. The molecular formula is C23H28ClN3O3. The second kappa shape index (κ2) is 9.96. The quantitative estimate of drug-likeness (QED) is 0.717. The summed E-state index contributed by atoms with van der Waals surface area (Å²) in [6, 6.07) is 12.6. The lowest BCUT2D eigenvalue weighted by Crippen LogP contribution is -2.35. The van der Waals surface area contributed by atoms with Gasteiger partial charge in [0.15, 0.2) is 0 Å². The first-order chi connectivity index (χ1) is 14.3. The van der Waals surface area contributed by atoms with Gasteiger partial charge in [-0.15, -0.1) is 0 Å². The Balaban J connectivity index is 1.82. The first-order valence-corrected chi connectivity index (χ1v) is 10.5. The maximum Gasteiger partial charge on any atom is 0.257 e. The lowest BCUT2D eigenvalue weighted by atomic mass is 10.1. The fourth-order valence-electron chi connectivity index (χ4n) is 3.61. The van der Waals surface area contributed by atoms with E-state index < -0.39 is 0 Å². The van der Waals surface area contributed by atoms with Gasteiger partial charge >= 0.3 is 0 Å². The monoisotopic (exact) mass is 429 g/mol. The molecule has 1 aliphatic heterocycles. The van der Waals surface area contributed by atoms with Crippen LogP contribution in [-0.4, -0.2) is 50.1 Å². The maximum absolute atomic E-state index is 12.6. The van der Waals surface area contributed by atoms with Crippen LogP contribution in [0.1, 0.15) is 35.7 Å². The van der Waals surface area contributed by atoms with Crippen LogP contribution in [-0.2, 0) is 16.1 Å². The number of hydrogen-bond acceptors (Lipinski definition) is 4. The summed E-state index contributed by atoms with van der Waals surface area (Å²) in [6.45, 7) is 3.34. The van der Waals surface area contributed by atoms with E-state index in [9.17, 15) is 9.59 Å². The Bertz CT molecular complexity index is 910. The van der Waals surface area contributed by atoms with Crippen LogP contribution in [0.25, 0.3) is 0 Å². The molecule has 1 aliphatic rings. The lowest BCUT2D eigenvalue weighted by molar-refractivity contribution is -0.131. The van der Waals surface area contributed by atoms with Crippen LogP contribution in [0.3, 0.4) is 0 Å². The van der Waals surface area contributed by atoms with E-state index in [-0.39, 0.29) is 17.9 Å². The van der Waals surface area contributed by atoms with Crippen LogP contribution in [0.4, 0.5) is 11.4 Å². The van der Waals surface area contributed by atoms with Gasteiger partial charge in [-0.3, -0.25) is 9.59 Å². The SMILES string of the molecule is CC(=O)N(Cc1cc(NC(=O)c2ccccc2Cl)ccc1N(C)C)CC1CCCO1. The molecule has 1 unspecified atom stereocenters. The largest absolute Gasteiger partial charge is 0.377 e. The molecule has 30 heavy (non-hydrogen) atoms. The number of nitrogens with one attached hydrogen (secondary N) is 1. The zero-order valence-electron chi connectivity index (χ0n) is 17.7. The minimum Gasteiger partial charge on any atom is -0.377 e. The van der Waals surface area contributed by atoms with E-state index >= 15 is 0 Å². The van der Waals surface area contributed by atoms with E-state index in [0.29, 0.717) is 29.4 Å². The standard InChI is InChI=1S/C23H28ClN3O3/c1-16(28)27(15-19-7-6-12-30-19)14-17-13-18(10-11-22(17)26(2)3)25-23(29)20-8-4-5-9-21(20)24/h4-5,8-11,13,19H,6-7,12,14-15H2,1-3H3,(H,25,29). The fraction of sp³-hybridized carbons (Fsp3) is 0.391. The molecule has 0 spiro atoms. The molecule has 7 heteroatoms. The summed E-state index contributed by atoms with van der Waals surface area (Å²) in [5.41, 5.74) is 3.01. The second-order valence-electron chi connectivity index (χ2n) is 7.71. The van der Waals surface area contributed by atoms with Gasteiger partial charge in [0.25, 0.3) is 5.91 Å². The van der Waals surface area contributed by atoms with Crippen LogP contribution in [0.2, 0.25) is 5.02 Å². The van der Waals surface area contributed by atoms with Crippen molar-refractivity contribution in [1.29, 1.82) is 0 Å². The van der Waals surface area contributed by atoms with Gasteiger partial charge in [-0.2, -0.15) is 0 Å². The molecule has 1 saturated heterocycles. The zero-order valence-corrected chi connectivity index (χ0v) is 18.4. The van der Waals surface area contributed by atoms with Gasteiger partial charge < -0.3 is 19.9 Å². The molecule has 1 atom stereocenters. The van der Waals surface area contributed by atoms with E-state index in [2.05, 4.69) is 5.32 Å². The minimum atomic E-state index is -0.271. The number of rotatable bonds is 7. The van der Waals surface area contributed by atoms with Gasteiger partial charge in [-0.05, 0) is 48.7 Å². The normalized spacial score (nSPS) is 15.7. The Labute approximate surface area is 182 Å². The van der Waals surface area contributed by atoms with E-state index in [4.69, 9.17) is 16.3 Å². The van der Waals surface area contributed by atoms with Crippen molar-refractivity contribution in [2.45, 2.75) is 32.4 Å². The number of nitrogens with zero attached hydrogens (tertiary/aromatic N) is 2. The number of benzene rings is 2. The van der Waals surface area contributed by atoms with Crippen LogP contribution in [0, 0.1) is 0 Å². The molecule has 3 rings (SSSR count). The Kier molecular flexibility index (Phi) is 7.34. The van der Waals surface area contributed by atoms with Crippen molar-refractivity contribution in [3.63, 3.8) is 0 Å². The van der Waals surface area contributed by atoms with E-state index in [1.807, 2.05) is 37.2 Å². The van der Waals surface area contributed by atoms with Gasteiger partial charge in [-0.1, -0.05) is 23.7 Å². The van der Waals surface area contributed by atoms with Crippen molar-refractivity contribution in [3.8, 4) is 0 Å². The van der Waals surface area contributed by atoms with Crippen molar-refractivity contribution in [1.82, 2.24) is 4.90 Å². The average Bonchev–Trinajstić information content (AvgIpc) is 3.21. The Hall–Kier alpha value is -2.57. The number of ether oxygens (including phenoxy) is 1. The molecule has 160 valence electrons. The van der Waals surface area contributed by atoms with E-state index in [1.165, 1.54) is 0 Å². The molecule has 6 nitrogen and oxygen atoms in total. The van der Waals surface area contributed by atoms with Crippen LogP contribution < -0.4 is 10.2 Å². The lowest BCUT2D eigenvalue weighted by Gasteiger charge is -2.27. The summed E-state index contributed by atoms with van der Waals surface area (Å²) < 4.78 is 5.71. The maximum atomic E-state index is 12.6. The van der Waals surface area contributed by atoms with E-state index in [1.54, 1.807) is 36.1 Å². The summed E-state index contributed by atoms with van der Waals surface area (Å²) >= 11 is 6.14. The van der Waals surface area contributed by atoms with Crippen LogP contribution >= 0.6 is 11.6 Å². The smallest absolute Gasteiger partial charge is 0.257 e. The molecule has 0 aliphatic carbocycles. The molecule has 2 aromatic carbocycles. The molecule has 1 N–H and O–H groups in total. The highest BCUT2D eigenvalue weighted by molar-refractivity contribution is 6.34. The third-order valence-electron chi connectivity index (χ3n) is 5.19. The molecule has 2 amide bonds. The van der Waals surface area contributed by atoms with Crippen molar-refractivity contribution in [3.05, 3.63) is 58.6 Å². The molecule has 0 bridgehead atoms. The molecule has 2 aromatic rings. The number of carbonyl (C=O) groups is 2. The van der Waals surface area contributed by atoms with Crippen molar-refractivity contribution in [2.75, 3.05) is 37.5 Å². The molecule has 1 heterocycles. The van der Waals surface area contributed by atoms with Gasteiger partial charge in [0, 0.05) is 52.1 Å². The van der Waals surface area contributed by atoms with Gasteiger partial charge in [-0.25, -0.2) is 0 Å². The predicted octanol–water partition coefficient (Wildman–Crippen LogP) is 4.19. The number of anilines is 2. The first kappa shape index (κ1) is 22.1. The van der Waals surface area contributed by atoms with Crippen LogP contribution in [0.5, 0.6) is 0 Å². The first-order valence-electron chi connectivity index (χ1n) is 10.1. The highest BCUT2D eigenvalue weighted by Crippen LogP contribution is 2.26. The highest BCUT2D eigenvalue weighted by Gasteiger charge is 2.22. The zero-order chi connectivity index (χ0) is 21.7. The molecule has 1 fully saturated rings. The third kappa shape index (κ3) is 5.52. The summed E-state index contributed by atoms with van der Waals surface area (Å²) in [4.78, 5) is 28.7. The Morgan fingerprint density at radius 2 is 1.97 bits per heavy atom. The van der Waals surface area contributed by atoms with Crippen LogP contribution in [0.15, 0.2) is 42.5 Å². The molecule has 0 saturated carbocycles. The molecular weight excluding hydrogens is 402 g/mol. The number of halogens is 1. The predicted molar refractivity (Wildman–Crippen MR) is 120 cm³/mol. The van der Waals surface area contributed by atoms with Crippen molar-refractivity contribution in [2.24, 2.45) is 0 Å². The summed E-state index contributed by atoms with van der Waals surface area (Å²) in [6.07, 6.45) is 2.08. The summed E-state index contributed by atoms with van der Waals surface area (Å²) in [5, 5.41) is 3.31. The second-order valence-corrected chi connectivity index (χ2v) is 8.11. The third-order valence-corrected chi connectivity index (χ3v) is 5.52. The number of amides is 2. The van der Waals surface area contributed by atoms with Gasteiger partial charge in [0.1, 0.15) is 0 Å². The summed E-state index contributed by atoms with van der Waals surface area (Å²) in [5.74, 6) is -0.271. The van der Waals surface area contributed by atoms with Crippen molar-refractivity contribution >= 4 is 34.8 Å². The molecule has 0 aromatic heterocycles. The van der Waals surface area contributed by atoms with Gasteiger partial charge in [0.05, 0.1) is 16.7 Å². The molecule has 0 radical (unpaired) electrons. The van der Waals surface area contributed by atoms with Gasteiger partial charge in [0.2, 0.25) is 5.91 Å². The van der Waals surface area contributed by atoms with Crippen molar-refractivity contribution < 1.29 is 14.3 Å². The Morgan fingerprint density at radius 1 is 1.20 bits per heavy atom. The Morgan fingerprint density at radius 3 is 2.60 bits per heavy atom. The summed E-state index contributed by atoms with van der Waals surface area (Å²) in [7, 11) is 3.91. The van der Waals surface area contributed by atoms with E-state index in [0.717, 1.165) is 30.7 Å². The highest BCUT2D eigenvalue weighted by atomic mass is 35.5. The topological polar surface area (TPSA) is 61.9 Å².